The predicted octanol–water partition coefficient (Wildman–Crippen LogP) is 3.16. The summed E-state index contributed by atoms with van der Waals surface area (Å²) in [6.07, 6.45) is 2.69. The summed E-state index contributed by atoms with van der Waals surface area (Å²) in [5.74, 6) is 0. The van der Waals surface area contributed by atoms with Crippen LogP contribution in [-0.4, -0.2) is 14.7 Å². The third-order valence-corrected chi connectivity index (χ3v) is 3.32. The third kappa shape index (κ3) is 3.08. The Balaban J connectivity index is 2.18. The van der Waals surface area contributed by atoms with Gasteiger partial charge in [-0.25, -0.2) is 0 Å². The summed E-state index contributed by atoms with van der Waals surface area (Å²) in [7, 11) is 1.85. The van der Waals surface area contributed by atoms with E-state index in [1.807, 2.05) is 20.2 Å². The molecule has 6 nitrogen and oxygen atoms in total. The largest absolute Gasteiger partial charge is 0.378 e. The summed E-state index contributed by atoms with van der Waals surface area (Å²) in [4.78, 5) is 10.3. The normalized spacial score (nSPS) is 10.6. The van der Waals surface area contributed by atoms with Crippen LogP contribution in [-0.2, 0) is 20.0 Å². The Morgan fingerprint density at radius 1 is 1.50 bits per heavy atom. The van der Waals surface area contributed by atoms with Gasteiger partial charge in [-0.1, -0.05) is 18.5 Å². The maximum Gasteiger partial charge on any atom is 0.269 e. The molecule has 0 saturated heterocycles. The number of hydrogen-bond donors (Lipinski definition) is 1. The fourth-order valence-corrected chi connectivity index (χ4v) is 2.13. The summed E-state index contributed by atoms with van der Waals surface area (Å²) in [5.41, 5.74) is 2.59. The molecule has 1 aromatic heterocycles. The first kappa shape index (κ1) is 14.3. The molecule has 0 aliphatic carbocycles. The molecule has 0 radical (unpaired) electrons. The average molecular weight is 295 g/mol. The lowest BCUT2D eigenvalue weighted by Crippen LogP contribution is -2.02. The van der Waals surface area contributed by atoms with Crippen LogP contribution < -0.4 is 5.32 Å². The molecular formula is C13H15ClN4O2. The summed E-state index contributed by atoms with van der Waals surface area (Å²) in [5, 5.41) is 18.8. The molecule has 1 N–H and O–H groups in total. The maximum absolute atomic E-state index is 10.8. The molecule has 1 heterocycles. The van der Waals surface area contributed by atoms with E-state index in [9.17, 15) is 10.1 Å². The van der Waals surface area contributed by atoms with E-state index in [4.69, 9.17) is 11.6 Å². The predicted molar refractivity (Wildman–Crippen MR) is 78.0 cm³/mol. The van der Waals surface area contributed by atoms with Crippen molar-refractivity contribution in [3.05, 3.63) is 50.8 Å². The number of nitrogens with zero attached hydrogens (tertiary/aromatic N) is 3. The zero-order valence-corrected chi connectivity index (χ0v) is 12.0. The molecule has 2 rings (SSSR count). The topological polar surface area (TPSA) is 73.0 Å². The molecule has 0 unspecified atom stereocenters. The number of aryl methyl sites for hydroxylation is 2. The van der Waals surface area contributed by atoms with Crippen LogP contribution in [0.4, 0.5) is 11.4 Å². The Kier molecular flexibility index (Phi) is 4.24. The van der Waals surface area contributed by atoms with E-state index in [0.29, 0.717) is 17.1 Å². The molecule has 0 atom stereocenters. The van der Waals surface area contributed by atoms with E-state index in [0.717, 1.165) is 17.8 Å². The second-order valence-corrected chi connectivity index (χ2v) is 4.81. The highest BCUT2D eigenvalue weighted by Gasteiger charge is 2.11. The Morgan fingerprint density at radius 2 is 2.25 bits per heavy atom. The second-order valence-electron chi connectivity index (χ2n) is 4.40. The van der Waals surface area contributed by atoms with Crippen LogP contribution >= 0.6 is 11.6 Å². The zero-order chi connectivity index (χ0) is 14.7. The van der Waals surface area contributed by atoms with Crippen LogP contribution in [0.2, 0.25) is 5.02 Å². The Morgan fingerprint density at radius 3 is 2.90 bits per heavy atom. The van der Waals surface area contributed by atoms with Crippen LogP contribution in [0.15, 0.2) is 24.4 Å². The third-order valence-electron chi connectivity index (χ3n) is 2.95. The van der Waals surface area contributed by atoms with Gasteiger partial charge in [0, 0.05) is 36.9 Å². The number of benzene rings is 1. The summed E-state index contributed by atoms with van der Waals surface area (Å²) >= 11 is 6.06. The van der Waals surface area contributed by atoms with Gasteiger partial charge in [-0.05, 0) is 18.1 Å². The number of nitrogens with one attached hydrogen (secondary N) is 1. The highest BCUT2D eigenvalue weighted by Crippen LogP contribution is 2.23. The monoisotopic (exact) mass is 294 g/mol. The smallest absolute Gasteiger partial charge is 0.269 e. The van der Waals surface area contributed by atoms with Crippen molar-refractivity contribution in [1.82, 2.24) is 9.78 Å². The van der Waals surface area contributed by atoms with E-state index in [2.05, 4.69) is 10.4 Å². The molecule has 7 heteroatoms. The first-order valence-electron chi connectivity index (χ1n) is 6.20. The molecule has 0 saturated carbocycles. The van der Waals surface area contributed by atoms with Gasteiger partial charge in [0.15, 0.2) is 0 Å². The molecule has 0 spiro atoms. The zero-order valence-electron chi connectivity index (χ0n) is 11.3. The van der Waals surface area contributed by atoms with Crippen molar-refractivity contribution in [3.63, 3.8) is 0 Å². The minimum atomic E-state index is -0.429. The van der Waals surface area contributed by atoms with Crippen molar-refractivity contribution in [3.8, 4) is 0 Å². The molecule has 20 heavy (non-hydrogen) atoms. The number of non-ortho nitro benzene ring substituents is 1. The molecule has 106 valence electrons. The fraction of sp³-hybridized carbons (Fsp3) is 0.308. The number of hydrogen-bond acceptors (Lipinski definition) is 4. The van der Waals surface area contributed by atoms with Crippen LogP contribution in [0.3, 0.4) is 0 Å². The summed E-state index contributed by atoms with van der Waals surface area (Å²) < 4.78 is 1.73. The van der Waals surface area contributed by atoms with E-state index < -0.39 is 4.92 Å². The van der Waals surface area contributed by atoms with Crippen LogP contribution in [0.25, 0.3) is 0 Å². The number of halogens is 1. The number of nitro benzene ring substituents is 1. The second kappa shape index (κ2) is 5.92. The van der Waals surface area contributed by atoms with Gasteiger partial charge in [-0.15, -0.1) is 0 Å². The molecule has 0 aliphatic rings. The van der Waals surface area contributed by atoms with Crippen LogP contribution in [0, 0.1) is 10.1 Å². The highest BCUT2D eigenvalue weighted by atomic mass is 35.5. The summed E-state index contributed by atoms with van der Waals surface area (Å²) in [6.45, 7) is 2.44. The lowest BCUT2D eigenvalue weighted by Gasteiger charge is -2.07. The van der Waals surface area contributed by atoms with Gasteiger partial charge in [0.1, 0.15) is 0 Å². The maximum atomic E-state index is 10.8. The minimum Gasteiger partial charge on any atom is -0.378 e. The molecular weight excluding hydrogens is 280 g/mol. The lowest BCUT2D eigenvalue weighted by molar-refractivity contribution is -0.384. The molecule has 0 bridgehead atoms. The van der Waals surface area contributed by atoms with E-state index >= 15 is 0 Å². The lowest BCUT2D eigenvalue weighted by atomic mass is 10.2. The molecule has 0 fully saturated rings. The highest BCUT2D eigenvalue weighted by molar-refractivity contribution is 6.31. The van der Waals surface area contributed by atoms with E-state index in [-0.39, 0.29) is 5.69 Å². The van der Waals surface area contributed by atoms with Crippen molar-refractivity contribution >= 4 is 23.0 Å². The molecule has 1 aromatic carbocycles. The number of rotatable bonds is 5. The molecule has 0 amide bonds. The first-order chi connectivity index (χ1) is 9.51. The molecule has 2 aromatic rings. The standard InChI is InChI=1S/C13H15ClN4O2/c1-3-12-13(8-17(2)16-12)15-7-9-6-10(18(19)20)4-5-11(9)14/h4-6,8,15H,3,7H2,1-2H3. The van der Waals surface area contributed by atoms with E-state index in [1.165, 1.54) is 12.1 Å². The van der Waals surface area contributed by atoms with Gasteiger partial charge >= 0.3 is 0 Å². The van der Waals surface area contributed by atoms with Crippen molar-refractivity contribution in [2.45, 2.75) is 19.9 Å². The number of aromatic nitrogens is 2. The van der Waals surface area contributed by atoms with Gasteiger partial charge in [0.2, 0.25) is 0 Å². The van der Waals surface area contributed by atoms with E-state index in [1.54, 1.807) is 10.7 Å². The molecule has 0 aliphatic heterocycles. The number of nitro groups is 1. The number of anilines is 1. The minimum absolute atomic E-state index is 0.0353. The van der Waals surface area contributed by atoms with Gasteiger partial charge in [0.05, 0.1) is 16.3 Å². The summed E-state index contributed by atoms with van der Waals surface area (Å²) in [6, 6.07) is 4.42. The van der Waals surface area contributed by atoms with Crippen LogP contribution in [0.1, 0.15) is 18.2 Å². The van der Waals surface area contributed by atoms with Crippen molar-refractivity contribution in [1.29, 1.82) is 0 Å². The van der Waals surface area contributed by atoms with Gasteiger partial charge in [-0.2, -0.15) is 5.10 Å². The average Bonchev–Trinajstić information content (AvgIpc) is 2.77. The Hall–Kier alpha value is -2.08. The van der Waals surface area contributed by atoms with Crippen molar-refractivity contribution in [2.75, 3.05) is 5.32 Å². The first-order valence-corrected chi connectivity index (χ1v) is 6.58. The van der Waals surface area contributed by atoms with Crippen molar-refractivity contribution < 1.29 is 4.92 Å². The van der Waals surface area contributed by atoms with Gasteiger partial charge in [0.25, 0.3) is 5.69 Å². The fourth-order valence-electron chi connectivity index (χ4n) is 1.94. The Bertz CT molecular complexity index is 639. The quantitative estimate of drug-likeness (QED) is 0.679. The van der Waals surface area contributed by atoms with Crippen molar-refractivity contribution in [2.24, 2.45) is 7.05 Å². The van der Waals surface area contributed by atoms with Gasteiger partial charge < -0.3 is 5.32 Å². The van der Waals surface area contributed by atoms with Crippen LogP contribution in [0.5, 0.6) is 0 Å². The Labute approximate surface area is 121 Å². The van der Waals surface area contributed by atoms with Gasteiger partial charge in [-0.3, -0.25) is 14.8 Å². The SMILES string of the molecule is CCc1nn(C)cc1NCc1cc([N+](=O)[O-])ccc1Cl.